The molecule has 0 spiro atoms. The number of aldehydes is 1. The first-order chi connectivity index (χ1) is 11.1. The molecule has 0 aliphatic carbocycles. The van der Waals surface area contributed by atoms with E-state index in [2.05, 4.69) is 0 Å². The fraction of sp³-hybridized carbons (Fsp3) is 0.643. The Balaban J connectivity index is 5.79. The van der Waals surface area contributed by atoms with Crippen LogP contribution < -0.4 is 0 Å². The van der Waals surface area contributed by atoms with Crippen molar-refractivity contribution in [3.8, 4) is 0 Å². The topological polar surface area (TPSA) is 142 Å². The van der Waals surface area contributed by atoms with Crippen molar-refractivity contribution < 1.29 is 48.0 Å². The molecule has 0 aromatic carbocycles. The Labute approximate surface area is 138 Å². The number of aliphatic hydroxyl groups excluding tert-OH is 1. The van der Waals surface area contributed by atoms with Gasteiger partial charge in [0.15, 0.2) is 30.7 Å². The fourth-order valence-electron chi connectivity index (χ4n) is 1.84. The van der Waals surface area contributed by atoms with Crippen molar-refractivity contribution in [3.63, 3.8) is 0 Å². The molecular weight excluding hydrogens is 328 g/mol. The number of hydrogen-bond donors (Lipinski definition) is 1. The summed E-state index contributed by atoms with van der Waals surface area (Å²) < 4.78 is 19.4. The summed E-state index contributed by atoms with van der Waals surface area (Å²) in [6.07, 6.45) is -6.12. The average Bonchev–Trinajstić information content (AvgIpc) is 2.45. The lowest BCUT2D eigenvalue weighted by Crippen LogP contribution is -2.53. The molecule has 0 heterocycles. The average molecular weight is 348 g/mol. The van der Waals surface area contributed by atoms with Crippen LogP contribution in [-0.4, -0.2) is 66.3 Å². The van der Waals surface area contributed by atoms with Gasteiger partial charge in [-0.2, -0.15) is 0 Å². The van der Waals surface area contributed by atoms with E-state index in [-0.39, 0.29) is 6.29 Å². The number of aliphatic hydroxyl groups is 1. The summed E-state index contributed by atoms with van der Waals surface area (Å²) in [7, 11) is 0. The molecule has 4 atom stereocenters. The molecule has 0 saturated carbocycles. The predicted molar refractivity (Wildman–Crippen MR) is 75.4 cm³/mol. The highest BCUT2D eigenvalue weighted by Gasteiger charge is 2.43. The first-order valence-electron chi connectivity index (χ1n) is 6.87. The maximum Gasteiger partial charge on any atom is 0.303 e. The van der Waals surface area contributed by atoms with Crippen molar-refractivity contribution in [2.75, 3.05) is 6.61 Å². The second-order valence-electron chi connectivity index (χ2n) is 4.69. The van der Waals surface area contributed by atoms with E-state index in [0.29, 0.717) is 0 Å². The van der Waals surface area contributed by atoms with Gasteiger partial charge in [-0.15, -0.1) is 0 Å². The highest BCUT2D eigenvalue weighted by Crippen LogP contribution is 2.18. The summed E-state index contributed by atoms with van der Waals surface area (Å²) in [5, 5.41) is 9.37. The second-order valence-corrected chi connectivity index (χ2v) is 4.69. The molecule has 0 rings (SSSR count). The Morgan fingerprint density at radius 2 is 1.21 bits per heavy atom. The van der Waals surface area contributed by atoms with Crippen LogP contribution in [0.5, 0.6) is 0 Å². The van der Waals surface area contributed by atoms with Crippen LogP contribution in [0.2, 0.25) is 0 Å². The van der Waals surface area contributed by atoms with Gasteiger partial charge in [-0.25, -0.2) is 0 Å². The quantitative estimate of drug-likeness (QED) is 0.310. The Morgan fingerprint density at radius 1 is 0.792 bits per heavy atom. The maximum absolute atomic E-state index is 11.3. The van der Waals surface area contributed by atoms with Gasteiger partial charge in [0.2, 0.25) is 0 Å². The van der Waals surface area contributed by atoms with Gasteiger partial charge >= 0.3 is 23.9 Å². The third kappa shape index (κ3) is 7.68. The molecule has 0 aliphatic heterocycles. The van der Waals surface area contributed by atoms with E-state index >= 15 is 0 Å². The molecule has 0 saturated heterocycles. The summed E-state index contributed by atoms with van der Waals surface area (Å²) in [4.78, 5) is 56.0. The molecule has 10 heteroatoms. The smallest absolute Gasteiger partial charge is 0.303 e. The zero-order valence-electron chi connectivity index (χ0n) is 13.7. The van der Waals surface area contributed by atoms with E-state index in [1.807, 2.05) is 0 Å². The number of ether oxygens (including phenoxy) is 4. The zero-order chi connectivity index (χ0) is 18.9. The second kappa shape index (κ2) is 10.3. The molecule has 0 aliphatic rings. The maximum atomic E-state index is 11.3. The third-order valence-corrected chi connectivity index (χ3v) is 2.55. The van der Waals surface area contributed by atoms with Crippen LogP contribution in [0.3, 0.4) is 0 Å². The van der Waals surface area contributed by atoms with Crippen molar-refractivity contribution in [3.05, 3.63) is 0 Å². The minimum Gasteiger partial charge on any atom is -0.456 e. The number of hydrogen-bond acceptors (Lipinski definition) is 10. The largest absolute Gasteiger partial charge is 0.456 e. The first-order valence-corrected chi connectivity index (χ1v) is 6.87. The minimum atomic E-state index is -1.64. The Hall–Kier alpha value is -2.49. The van der Waals surface area contributed by atoms with Crippen molar-refractivity contribution >= 4 is 30.2 Å². The van der Waals surface area contributed by atoms with Crippen LogP contribution in [0.15, 0.2) is 0 Å². The van der Waals surface area contributed by atoms with E-state index in [1.165, 1.54) is 0 Å². The lowest BCUT2D eigenvalue weighted by molar-refractivity contribution is -0.199. The summed E-state index contributed by atoms with van der Waals surface area (Å²) in [5.41, 5.74) is 0. The number of rotatable bonds is 9. The highest BCUT2D eigenvalue weighted by atomic mass is 16.6. The van der Waals surface area contributed by atoms with E-state index in [1.54, 1.807) is 0 Å². The van der Waals surface area contributed by atoms with E-state index < -0.39 is 54.9 Å². The molecule has 0 aromatic heterocycles. The standard InChI is InChI=1S/C14H20O10/c1-7(17)21-11(5-15)13(23-9(3)19)14(24-10(4)20)12(6-16)22-8(2)18/h5,11-14,16H,6H2,1-4H3/t11-,12-,13-,14+/m1/s1. The van der Waals surface area contributed by atoms with Crippen molar-refractivity contribution in [2.24, 2.45) is 0 Å². The van der Waals surface area contributed by atoms with Gasteiger partial charge in [-0.1, -0.05) is 0 Å². The number of carbonyl (C=O) groups excluding carboxylic acids is 5. The molecule has 0 bridgehead atoms. The molecule has 0 radical (unpaired) electrons. The Morgan fingerprint density at radius 3 is 1.54 bits per heavy atom. The van der Waals surface area contributed by atoms with Gasteiger partial charge < -0.3 is 24.1 Å². The van der Waals surface area contributed by atoms with Gasteiger partial charge in [-0.05, 0) is 0 Å². The van der Waals surface area contributed by atoms with Crippen LogP contribution in [0.4, 0.5) is 0 Å². The Bertz CT molecular complexity index is 486. The lowest BCUT2D eigenvalue weighted by Gasteiger charge is -2.33. The molecule has 0 amide bonds. The van der Waals surface area contributed by atoms with E-state index in [0.717, 1.165) is 27.7 Å². The van der Waals surface area contributed by atoms with Gasteiger partial charge in [0, 0.05) is 27.7 Å². The normalized spacial score (nSPS) is 15.2. The van der Waals surface area contributed by atoms with Crippen molar-refractivity contribution in [1.82, 2.24) is 0 Å². The molecule has 0 unspecified atom stereocenters. The fourth-order valence-corrected chi connectivity index (χ4v) is 1.84. The van der Waals surface area contributed by atoms with Crippen LogP contribution >= 0.6 is 0 Å². The third-order valence-electron chi connectivity index (χ3n) is 2.55. The molecule has 1 N–H and O–H groups in total. The molecule has 136 valence electrons. The highest BCUT2D eigenvalue weighted by molar-refractivity contribution is 5.72. The van der Waals surface area contributed by atoms with Crippen molar-refractivity contribution in [1.29, 1.82) is 0 Å². The summed E-state index contributed by atoms with van der Waals surface area (Å²) >= 11 is 0. The first kappa shape index (κ1) is 21.5. The van der Waals surface area contributed by atoms with Crippen LogP contribution in [0, 0.1) is 0 Å². The van der Waals surface area contributed by atoms with Gasteiger partial charge in [0.25, 0.3) is 0 Å². The molecule has 0 aromatic rings. The van der Waals surface area contributed by atoms with Crippen molar-refractivity contribution in [2.45, 2.75) is 52.1 Å². The summed E-state index contributed by atoms with van der Waals surface area (Å²) in [5.74, 6) is -3.42. The number of esters is 4. The summed E-state index contributed by atoms with van der Waals surface area (Å²) in [6.45, 7) is 3.27. The lowest BCUT2D eigenvalue weighted by atomic mass is 10.0. The van der Waals surface area contributed by atoms with E-state index in [4.69, 9.17) is 18.9 Å². The molecule has 10 nitrogen and oxygen atoms in total. The number of carbonyl (C=O) groups is 5. The van der Waals surface area contributed by atoms with Gasteiger partial charge in [0.05, 0.1) is 6.61 Å². The minimum absolute atomic E-state index is 0.160. The molecule has 0 fully saturated rings. The van der Waals surface area contributed by atoms with E-state index in [9.17, 15) is 29.1 Å². The monoisotopic (exact) mass is 348 g/mol. The SMILES string of the molecule is CC(=O)O[C@H]([C@H](OC(C)=O)[C@@H](C=O)OC(C)=O)[C@@H](CO)OC(C)=O. The molecular formula is C14H20O10. The van der Waals surface area contributed by atoms with Gasteiger partial charge in [0.1, 0.15) is 0 Å². The summed E-state index contributed by atoms with van der Waals surface area (Å²) in [6, 6.07) is 0. The van der Waals surface area contributed by atoms with Crippen LogP contribution in [0.1, 0.15) is 27.7 Å². The van der Waals surface area contributed by atoms with Gasteiger partial charge in [-0.3, -0.25) is 24.0 Å². The Kier molecular flexibility index (Phi) is 9.25. The van der Waals surface area contributed by atoms with Crippen LogP contribution in [0.25, 0.3) is 0 Å². The molecule has 24 heavy (non-hydrogen) atoms. The zero-order valence-corrected chi connectivity index (χ0v) is 13.7. The predicted octanol–water partition coefficient (Wildman–Crippen LogP) is -1.10. The van der Waals surface area contributed by atoms with Crippen LogP contribution in [-0.2, 0) is 42.9 Å².